The quantitative estimate of drug-likeness (QED) is 0.559. The number of nitrogens with zero attached hydrogens (tertiary/aromatic N) is 2. The van der Waals surface area contributed by atoms with Crippen molar-refractivity contribution < 1.29 is 9.90 Å². The molecule has 1 aliphatic heterocycles. The first kappa shape index (κ1) is 20.3. The zero-order valence-corrected chi connectivity index (χ0v) is 15.1. The highest BCUT2D eigenvalue weighted by atomic mass is 32.1. The molecular formula is C19H21N3O2S. The van der Waals surface area contributed by atoms with Crippen molar-refractivity contribution in [2.45, 2.75) is 25.2 Å². The Morgan fingerprint density at radius 2 is 2.04 bits per heavy atom. The SMILES string of the molecule is CC.N#Cc1ccc(S)cc1.O=C(O)/C=C/c1cnc2c(c1)CCN2. The van der Waals surface area contributed by atoms with E-state index in [1.165, 1.54) is 0 Å². The maximum atomic E-state index is 10.3. The number of pyridine rings is 1. The summed E-state index contributed by atoms with van der Waals surface area (Å²) >= 11 is 4.06. The van der Waals surface area contributed by atoms with E-state index in [0.29, 0.717) is 5.56 Å². The predicted octanol–water partition coefficient (Wildman–Crippen LogP) is 4.02. The summed E-state index contributed by atoms with van der Waals surface area (Å²) in [6.07, 6.45) is 5.29. The number of carbonyl (C=O) groups is 1. The van der Waals surface area contributed by atoms with Gasteiger partial charge in [0.25, 0.3) is 0 Å². The molecule has 6 heteroatoms. The van der Waals surface area contributed by atoms with Crippen LogP contribution in [0.4, 0.5) is 5.82 Å². The highest BCUT2D eigenvalue weighted by Gasteiger charge is 2.10. The molecule has 0 unspecified atom stereocenters. The van der Waals surface area contributed by atoms with Crippen molar-refractivity contribution in [3.8, 4) is 6.07 Å². The van der Waals surface area contributed by atoms with Gasteiger partial charge in [-0.25, -0.2) is 9.78 Å². The molecule has 0 saturated heterocycles. The molecule has 5 nitrogen and oxygen atoms in total. The van der Waals surface area contributed by atoms with Crippen molar-refractivity contribution in [3.05, 3.63) is 59.3 Å². The lowest BCUT2D eigenvalue weighted by molar-refractivity contribution is -0.131. The number of thiol groups is 1. The molecule has 2 heterocycles. The second-order valence-corrected chi connectivity index (χ2v) is 5.30. The molecule has 0 aliphatic carbocycles. The summed E-state index contributed by atoms with van der Waals surface area (Å²) in [7, 11) is 0. The first-order valence-corrected chi connectivity index (χ1v) is 8.36. The minimum absolute atomic E-state index is 0.674. The van der Waals surface area contributed by atoms with Gasteiger partial charge >= 0.3 is 5.97 Å². The number of hydrogen-bond donors (Lipinski definition) is 3. The second-order valence-electron chi connectivity index (χ2n) is 4.78. The van der Waals surface area contributed by atoms with Crippen LogP contribution in [0.5, 0.6) is 0 Å². The smallest absolute Gasteiger partial charge is 0.328 e. The lowest BCUT2D eigenvalue weighted by Crippen LogP contribution is -1.92. The fourth-order valence-electron chi connectivity index (χ4n) is 1.99. The molecule has 0 spiro atoms. The number of hydrogen-bond acceptors (Lipinski definition) is 5. The van der Waals surface area contributed by atoms with Crippen LogP contribution in [-0.4, -0.2) is 22.6 Å². The third-order valence-electron chi connectivity index (χ3n) is 3.09. The molecule has 3 rings (SSSR count). The van der Waals surface area contributed by atoms with Crippen molar-refractivity contribution in [1.82, 2.24) is 4.98 Å². The van der Waals surface area contributed by atoms with Gasteiger partial charge in [0.05, 0.1) is 11.6 Å². The number of fused-ring (bicyclic) bond motifs is 1. The van der Waals surface area contributed by atoms with E-state index >= 15 is 0 Å². The zero-order valence-electron chi connectivity index (χ0n) is 14.2. The Bertz CT molecular complexity index is 765. The van der Waals surface area contributed by atoms with Gasteiger partial charge in [-0.15, -0.1) is 12.6 Å². The Morgan fingerprint density at radius 3 is 2.64 bits per heavy atom. The Labute approximate surface area is 153 Å². The largest absolute Gasteiger partial charge is 0.478 e. The molecule has 2 N–H and O–H groups in total. The summed E-state index contributed by atoms with van der Waals surface area (Å²) in [6.45, 7) is 4.91. The van der Waals surface area contributed by atoms with E-state index < -0.39 is 5.97 Å². The molecule has 0 amide bonds. The topological polar surface area (TPSA) is 86.0 Å². The molecule has 0 fully saturated rings. The molecule has 0 saturated carbocycles. The molecule has 1 aromatic carbocycles. The molecule has 1 aliphatic rings. The summed E-state index contributed by atoms with van der Waals surface area (Å²) in [5.74, 6) is -0.0268. The van der Waals surface area contributed by atoms with Crippen LogP contribution < -0.4 is 5.32 Å². The van der Waals surface area contributed by atoms with E-state index in [1.807, 2.05) is 26.0 Å². The van der Waals surface area contributed by atoms with Crippen LogP contribution in [0.15, 0.2) is 47.5 Å². The molecule has 1 aromatic heterocycles. The fourth-order valence-corrected chi connectivity index (χ4v) is 2.14. The van der Waals surface area contributed by atoms with Crippen LogP contribution in [0, 0.1) is 11.3 Å². The first-order chi connectivity index (χ1) is 12.1. The number of aliphatic carboxylic acids is 1. The summed E-state index contributed by atoms with van der Waals surface area (Å²) in [5.41, 5.74) is 2.65. The lowest BCUT2D eigenvalue weighted by Gasteiger charge is -1.98. The third kappa shape index (κ3) is 7.10. The summed E-state index contributed by atoms with van der Waals surface area (Å²) in [6, 6.07) is 11.0. The van der Waals surface area contributed by atoms with E-state index in [-0.39, 0.29) is 0 Å². The van der Waals surface area contributed by atoms with Gasteiger partial charge in [0.15, 0.2) is 0 Å². The van der Waals surface area contributed by atoms with Gasteiger partial charge in [-0.3, -0.25) is 0 Å². The number of nitrogens with one attached hydrogen (secondary N) is 1. The van der Waals surface area contributed by atoms with E-state index in [0.717, 1.165) is 40.9 Å². The van der Waals surface area contributed by atoms with Gasteiger partial charge in [0.1, 0.15) is 5.82 Å². The minimum atomic E-state index is -0.941. The van der Waals surface area contributed by atoms with E-state index in [9.17, 15) is 4.79 Å². The van der Waals surface area contributed by atoms with Crippen LogP contribution in [0.3, 0.4) is 0 Å². The number of anilines is 1. The number of aromatic nitrogens is 1. The van der Waals surface area contributed by atoms with Crippen LogP contribution in [-0.2, 0) is 11.2 Å². The maximum absolute atomic E-state index is 10.3. The molecular weight excluding hydrogens is 334 g/mol. The highest BCUT2D eigenvalue weighted by molar-refractivity contribution is 7.80. The predicted molar refractivity (Wildman–Crippen MR) is 103 cm³/mol. The lowest BCUT2D eigenvalue weighted by atomic mass is 10.1. The van der Waals surface area contributed by atoms with Gasteiger partial charge in [0, 0.05) is 23.7 Å². The molecule has 2 aromatic rings. The number of carboxylic acids is 1. The van der Waals surface area contributed by atoms with Crippen LogP contribution in [0.1, 0.15) is 30.5 Å². The molecule has 0 radical (unpaired) electrons. The van der Waals surface area contributed by atoms with Crippen molar-refractivity contribution in [1.29, 1.82) is 5.26 Å². The van der Waals surface area contributed by atoms with Crippen molar-refractivity contribution in [3.63, 3.8) is 0 Å². The Balaban J connectivity index is 0.000000246. The Kier molecular flexibility index (Phi) is 8.83. The van der Waals surface area contributed by atoms with E-state index in [1.54, 1.807) is 36.5 Å². The minimum Gasteiger partial charge on any atom is -0.478 e. The standard InChI is InChI=1S/C10H10N2O2.C7H5NS.C2H6/c13-9(14)2-1-7-5-8-3-4-11-10(8)12-6-7;8-5-6-1-3-7(9)4-2-6;1-2/h1-2,5-6H,3-4H2,(H,11,12)(H,13,14);1-4,9H;1-2H3/b2-1+;;. The van der Waals surface area contributed by atoms with Gasteiger partial charge < -0.3 is 10.4 Å². The Hall–Kier alpha value is -2.78. The van der Waals surface area contributed by atoms with E-state index in [4.69, 9.17) is 10.4 Å². The van der Waals surface area contributed by atoms with Crippen LogP contribution >= 0.6 is 12.6 Å². The number of benzene rings is 1. The maximum Gasteiger partial charge on any atom is 0.328 e. The van der Waals surface area contributed by atoms with Crippen molar-refractivity contribution in [2.75, 3.05) is 11.9 Å². The average Bonchev–Trinajstić information content (AvgIpc) is 3.11. The van der Waals surface area contributed by atoms with Gasteiger partial charge in [-0.05, 0) is 54.0 Å². The highest BCUT2D eigenvalue weighted by Crippen LogP contribution is 2.20. The van der Waals surface area contributed by atoms with Gasteiger partial charge in [-0.1, -0.05) is 13.8 Å². The molecule has 25 heavy (non-hydrogen) atoms. The Morgan fingerprint density at radius 1 is 1.36 bits per heavy atom. The van der Waals surface area contributed by atoms with Gasteiger partial charge in [0.2, 0.25) is 0 Å². The molecule has 0 atom stereocenters. The number of carboxylic acid groups (broad SMARTS) is 1. The zero-order chi connectivity index (χ0) is 18.7. The van der Waals surface area contributed by atoms with Gasteiger partial charge in [-0.2, -0.15) is 5.26 Å². The normalized spacial score (nSPS) is 11.1. The summed E-state index contributed by atoms with van der Waals surface area (Å²) in [5, 5.41) is 19.9. The summed E-state index contributed by atoms with van der Waals surface area (Å²) in [4.78, 5) is 15.4. The second kappa shape index (κ2) is 10.9. The third-order valence-corrected chi connectivity index (χ3v) is 3.39. The van der Waals surface area contributed by atoms with E-state index in [2.05, 4.69) is 22.9 Å². The number of rotatable bonds is 2. The van der Waals surface area contributed by atoms with Crippen LogP contribution in [0.2, 0.25) is 0 Å². The fraction of sp³-hybridized carbons (Fsp3) is 0.211. The summed E-state index contributed by atoms with van der Waals surface area (Å²) < 4.78 is 0. The molecule has 0 bridgehead atoms. The van der Waals surface area contributed by atoms with Crippen molar-refractivity contribution in [2.24, 2.45) is 0 Å². The monoisotopic (exact) mass is 355 g/mol. The van der Waals surface area contributed by atoms with Crippen LogP contribution in [0.25, 0.3) is 6.08 Å². The van der Waals surface area contributed by atoms with Crippen molar-refractivity contribution >= 4 is 30.5 Å². The first-order valence-electron chi connectivity index (χ1n) is 7.91. The number of nitriles is 1. The average molecular weight is 355 g/mol. The molecule has 130 valence electrons.